The molecular formula is C8H11NO3. The summed E-state index contributed by atoms with van der Waals surface area (Å²) in [4.78, 5) is 3.01. The van der Waals surface area contributed by atoms with E-state index in [0.717, 1.165) is 17.2 Å². The summed E-state index contributed by atoms with van der Waals surface area (Å²) in [6.07, 6.45) is 2.35. The number of hydrogen-bond donors (Lipinski definition) is 2. The van der Waals surface area contributed by atoms with Crippen molar-refractivity contribution < 1.29 is 14.6 Å². The Balaban J connectivity index is 2.25. The van der Waals surface area contributed by atoms with Gasteiger partial charge in [0.25, 0.3) is 0 Å². The zero-order valence-corrected chi connectivity index (χ0v) is 6.67. The molecule has 12 heavy (non-hydrogen) atoms. The lowest BCUT2D eigenvalue weighted by Crippen LogP contribution is -2.15. The van der Waals surface area contributed by atoms with E-state index < -0.39 is 0 Å². The molecule has 4 heteroatoms. The maximum atomic E-state index is 8.72. The third-order valence-corrected chi connectivity index (χ3v) is 1.82. The number of aromatic amines is 1. The van der Waals surface area contributed by atoms with Crippen molar-refractivity contribution in [3.63, 3.8) is 0 Å². The first-order chi connectivity index (χ1) is 5.92. The zero-order valence-electron chi connectivity index (χ0n) is 6.67. The molecule has 4 nitrogen and oxygen atoms in total. The van der Waals surface area contributed by atoms with Crippen molar-refractivity contribution in [3.8, 4) is 11.5 Å². The van der Waals surface area contributed by atoms with Gasteiger partial charge in [-0.1, -0.05) is 0 Å². The second kappa shape index (κ2) is 3.06. The highest BCUT2D eigenvalue weighted by Gasteiger charge is 2.16. The Labute approximate surface area is 70.1 Å². The van der Waals surface area contributed by atoms with Crippen LogP contribution in [-0.2, 0) is 6.42 Å². The summed E-state index contributed by atoms with van der Waals surface area (Å²) in [5, 5.41) is 8.72. The molecule has 0 aromatic carbocycles. The number of fused-ring (bicyclic) bond motifs is 1. The standard InChI is InChI=1S/C8H11NO3/c10-2-1-6-8-7(5-9-6)11-3-4-12-8/h5,9-10H,1-4H2. The number of H-pyrrole nitrogens is 1. The molecule has 0 atom stereocenters. The van der Waals surface area contributed by atoms with E-state index in [-0.39, 0.29) is 6.61 Å². The van der Waals surface area contributed by atoms with Crippen LogP contribution in [0.1, 0.15) is 5.69 Å². The molecular weight excluding hydrogens is 158 g/mol. The number of hydrogen-bond acceptors (Lipinski definition) is 3. The SMILES string of the molecule is OCCc1[nH]cc2c1OCCO2. The minimum absolute atomic E-state index is 0.121. The molecule has 1 aliphatic rings. The maximum Gasteiger partial charge on any atom is 0.182 e. The Morgan fingerprint density at radius 2 is 2.25 bits per heavy atom. The van der Waals surface area contributed by atoms with E-state index in [4.69, 9.17) is 14.6 Å². The van der Waals surface area contributed by atoms with Gasteiger partial charge in [-0.25, -0.2) is 0 Å². The normalized spacial score (nSPS) is 14.8. The van der Waals surface area contributed by atoms with Crippen LogP contribution in [0.15, 0.2) is 6.20 Å². The number of aliphatic hydroxyl groups excluding tert-OH is 1. The van der Waals surface area contributed by atoms with Crippen LogP contribution in [0, 0.1) is 0 Å². The van der Waals surface area contributed by atoms with Crippen LogP contribution in [0.5, 0.6) is 11.5 Å². The number of aromatic nitrogens is 1. The lowest BCUT2D eigenvalue weighted by Gasteiger charge is -2.15. The van der Waals surface area contributed by atoms with Gasteiger partial charge in [-0.15, -0.1) is 0 Å². The summed E-state index contributed by atoms with van der Waals surface area (Å²) in [6, 6.07) is 0. The molecule has 2 rings (SSSR count). The Bertz CT molecular complexity index is 269. The predicted octanol–water partition coefficient (Wildman–Crippen LogP) is 0.321. The van der Waals surface area contributed by atoms with E-state index in [9.17, 15) is 0 Å². The van der Waals surface area contributed by atoms with Crippen molar-refractivity contribution in [2.45, 2.75) is 6.42 Å². The minimum atomic E-state index is 0.121. The smallest absolute Gasteiger partial charge is 0.182 e. The highest BCUT2D eigenvalue weighted by atomic mass is 16.6. The number of ether oxygens (including phenoxy) is 2. The molecule has 0 fully saturated rings. The lowest BCUT2D eigenvalue weighted by atomic mass is 10.3. The number of nitrogens with one attached hydrogen (secondary N) is 1. The number of rotatable bonds is 2. The molecule has 0 amide bonds. The third-order valence-electron chi connectivity index (χ3n) is 1.82. The highest BCUT2D eigenvalue weighted by molar-refractivity contribution is 5.44. The van der Waals surface area contributed by atoms with Crippen molar-refractivity contribution in [3.05, 3.63) is 11.9 Å². The van der Waals surface area contributed by atoms with Crippen LogP contribution in [-0.4, -0.2) is 29.9 Å². The summed E-state index contributed by atoms with van der Waals surface area (Å²) in [6.45, 7) is 1.31. The maximum absolute atomic E-state index is 8.72. The van der Waals surface area contributed by atoms with Crippen LogP contribution in [0.4, 0.5) is 0 Å². The molecule has 66 valence electrons. The molecule has 0 aliphatic carbocycles. The Hall–Kier alpha value is -1.16. The van der Waals surface area contributed by atoms with Crippen molar-refractivity contribution in [2.75, 3.05) is 19.8 Å². The molecule has 0 spiro atoms. The van der Waals surface area contributed by atoms with E-state index in [1.165, 1.54) is 0 Å². The molecule has 0 unspecified atom stereocenters. The fourth-order valence-corrected chi connectivity index (χ4v) is 1.29. The average Bonchev–Trinajstić information content (AvgIpc) is 2.50. The Morgan fingerprint density at radius 3 is 3.08 bits per heavy atom. The summed E-state index contributed by atoms with van der Waals surface area (Å²) in [5.74, 6) is 1.51. The Morgan fingerprint density at radius 1 is 1.42 bits per heavy atom. The minimum Gasteiger partial charge on any atom is -0.485 e. The topological polar surface area (TPSA) is 54.5 Å². The molecule has 2 heterocycles. The van der Waals surface area contributed by atoms with Crippen LogP contribution in [0.2, 0.25) is 0 Å². The molecule has 1 aromatic rings. The first-order valence-corrected chi connectivity index (χ1v) is 3.98. The highest BCUT2D eigenvalue weighted by Crippen LogP contribution is 2.33. The van der Waals surface area contributed by atoms with Gasteiger partial charge in [0, 0.05) is 19.2 Å². The Kier molecular flexibility index (Phi) is 1.91. The lowest BCUT2D eigenvalue weighted by molar-refractivity contribution is 0.171. The molecule has 0 saturated heterocycles. The zero-order chi connectivity index (χ0) is 8.39. The van der Waals surface area contributed by atoms with Gasteiger partial charge in [0.15, 0.2) is 11.5 Å². The monoisotopic (exact) mass is 169 g/mol. The van der Waals surface area contributed by atoms with Crippen molar-refractivity contribution in [1.29, 1.82) is 0 Å². The fraction of sp³-hybridized carbons (Fsp3) is 0.500. The molecule has 0 radical (unpaired) electrons. The summed E-state index contributed by atoms with van der Waals surface area (Å²) in [5.41, 5.74) is 0.909. The van der Waals surface area contributed by atoms with E-state index in [0.29, 0.717) is 19.6 Å². The van der Waals surface area contributed by atoms with Gasteiger partial charge in [0.1, 0.15) is 13.2 Å². The predicted molar refractivity (Wildman–Crippen MR) is 42.6 cm³/mol. The first-order valence-electron chi connectivity index (χ1n) is 3.98. The quantitative estimate of drug-likeness (QED) is 0.670. The molecule has 2 N–H and O–H groups in total. The van der Waals surface area contributed by atoms with Gasteiger partial charge in [0.2, 0.25) is 0 Å². The second-order valence-electron chi connectivity index (χ2n) is 2.63. The van der Waals surface area contributed by atoms with E-state index in [2.05, 4.69) is 4.98 Å². The van der Waals surface area contributed by atoms with Gasteiger partial charge in [0.05, 0.1) is 5.69 Å². The van der Waals surface area contributed by atoms with Gasteiger partial charge < -0.3 is 19.6 Å². The second-order valence-corrected chi connectivity index (χ2v) is 2.63. The molecule has 0 bridgehead atoms. The van der Waals surface area contributed by atoms with E-state index in [1.807, 2.05) is 0 Å². The van der Waals surface area contributed by atoms with Crippen molar-refractivity contribution in [1.82, 2.24) is 4.98 Å². The summed E-state index contributed by atoms with van der Waals surface area (Å²) < 4.78 is 10.7. The molecule has 1 aliphatic heterocycles. The summed E-state index contributed by atoms with van der Waals surface area (Å²) in [7, 11) is 0. The number of aliphatic hydroxyl groups is 1. The van der Waals surface area contributed by atoms with Gasteiger partial charge >= 0.3 is 0 Å². The van der Waals surface area contributed by atoms with E-state index in [1.54, 1.807) is 6.20 Å². The van der Waals surface area contributed by atoms with Gasteiger partial charge in [-0.3, -0.25) is 0 Å². The largest absolute Gasteiger partial charge is 0.485 e. The van der Waals surface area contributed by atoms with Crippen molar-refractivity contribution >= 4 is 0 Å². The van der Waals surface area contributed by atoms with Crippen molar-refractivity contribution in [2.24, 2.45) is 0 Å². The van der Waals surface area contributed by atoms with Crippen LogP contribution >= 0.6 is 0 Å². The van der Waals surface area contributed by atoms with E-state index >= 15 is 0 Å². The first kappa shape index (κ1) is 7.49. The van der Waals surface area contributed by atoms with Crippen LogP contribution < -0.4 is 9.47 Å². The van der Waals surface area contributed by atoms with Gasteiger partial charge in [-0.05, 0) is 0 Å². The van der Waals surface area contributed by atoms with Gasteiger partial charge in [-0.2, -0.15) is 0 Å². The third kappa shape index (κ3) is 1.14. The van der Waals surface area contributed by atoms with Crippen LogP contribution in [0.25, 0.3) is 0 Å². The molecule has 1 aromatic heterocycles. The molecule has 0 saturated carbocycles. The summed E-state index contributed by atoms with van der Waals surface area (Å²) >= 11 is 0. The average molecular weight is 169 g/mol. The fourth-order valence-electron chi connectivity index (χ4n) is 1.29. The van der Waals surface area contributed by atoms with Crippen LogP contribution in [0.3, 0.4) is 0 Å².